The molecule has 9 heteroatoms. The first-order chi connectivity index (χ1) is 18.0. The van der Waals surface area contributed by atoms with Crippen LogP contribution >= 0.6 is 11.6 Å². The molecule has 0 heterocycles. The van der Waals surface area contributed by atoms with Crippen molar-refractivity contribution in [1.82, 2.24) is 10.2 Å². The highest BCUT2D eigenvalue weighted by Crippen LogP contribution is 2.25. The van der Waals surface area contributed by atoms with Gasteiger partial charge in [-0.2, -0.15) is 0 Å². The van der Waals surface area contributed by atoms with Crippen LogP contribution in [0.25, 0.3) is 0 Å². The monoisotopic (exact) mass is 555 g/mol. The molecule has 0 aromatic heterocycles. The molecule has 38 heavy (non-hydrogen) atoms. The van der Waals surface area contributed by atoms with E-state index in [4.69, 9.17) is 11.6 Å². The third-order valence-corrected chi connectivity index (χ3v) is 8.56. The summed E-state index contributed by atoms with van der Waals surface area (Å²) in [5, 5.41) is 3.36. The van der Waals surface area contributed by atoms with Crippen LogP contribution < -0.4 is 9.62 Å². The van der Waals surface area contributed by atoms with Crippen LogP contribution in [0.2, 0.25) is 5.02 Å². The van der Waals surface area contributed by atoms with E-state index in [1.807, 2.05) is 20.8 Å². The molecule has 202 valence electrons. The third-order valence-electron chi connectivity index (χ3n) is 6.40. The van der Waals surface area contributed by atoms with Crippen LogP contribution in [0.3, 0.4) is 0 Å². The number of hydrogen-bond acceptors (Lipinski definition) is 4. The number of nitrogens with one attached hydrogen (secondary N) is 1. The van der Waals surface area contributed by atoms with E-state index in [-0.39, 0.29) is 23.4 Å². The molecule has 3 aromatic carbocycles. The normalized spacial score (nSPS) is 12.9. The summed E-state index contributed by atoms with van der Waals surface area (Å²) < 4.78 is 28.6. The first-order valence-electron chi connectivity index (χ1n) is 12.5. The summed E-state index contributed by atoms with van der Waals surface area (Å²) in [7, 11) is -4.09. The van der Waals surface area contributed by atoms with Crippen molar-refractivity contribution >= 4 is 39.1 Å². The first kappa shape index (κ1) is 29.2. The lowest BCUT2D eigenvalue weighted by molar-refractivity contribution is -0.139. The average Bonchev–Trinajstić information content (AvgIpc) is 2.91. The lowest BCUT2D eigenvalue weighted by Crippen LogP contribution is -2.52. The van der Waals surface area contributed by atoms with Crippen LogP contribution in [0.5, 0.6) is 0 Å². The number of halogens is 1. The molecular formula is C29H34ClN3O4S. The van der Waals surface area contributed by atoms with Gasteiger partial charge in [0.1, 0.15) is 12.6 Å². The van der Waals surface area contributed by atoms with Gasteiger partial charge in [0, 0.05) is 17.6 Å². The Hall–Kier alpha value is -3.36. The van der Waals surface area contributed by atoms with Gasteiger partial charge in [-0.3, -0.25) is 13.9 Å². The van der Waals surface area contributed by atoms with E-state index in [0.717, 1.165) is 16.3 Å². The summed E-state index contributed by atoms with van der Waals surface area (Å²) in [5.74, 6) is -0.858. The van der Waals surface area contributed by atoms with Gasteiger partial charge in [0.2, 0.25) is 11.8 Å². The molecule has 2 amide bonds. The van der Waals surface area contributed by atoms with Crippen molar-refractivity contribution in [2.24, 2.45) is 0 Å². The molecule has 0 aliphatic carbocycles. The summed E-state index contributed by atoms with van der Waals surface area (Å²) in [4.78, 5) is 28.4. The summed E-state index contributed by atoms with van der Waals surface area (Å²) in [6, 6.07) is 21.0. The quantitative estimate of drug-likeness (QED) is 0.353. The summed E-state index contributed by atoms with van der Waals surface area (Å²) in [5.41, 5.74) is 1.91. The number of anilines is 1. The highest BCUT2D eigenvalue weighted by Gasteiger charge is 2.33. The van der Waals surface area contributed by atoms with Crippen molar-refractivity contribution in [2.45, 2.75) is 57.6 Å². The standard InChI is InChI=1S/C29H34ClN3O4S/c1-5-22(3)31-29(35)23(4)32(19-24-11-9-10-14-27(24)30)28(34)20-33(25-12-7-6-8-13-25)38(36,37)26-17-15-21(2)16-18-26/h6-18,22-23H,5,19-20H2,1-4H3,(H,31,35)/t22-,23+/m1/s1. The van der Waals surface area contributed by atoms with E-state index in [0.29, 0.717) is 16.3 Å². The van der Waals surface area contributed by atoms with Gasteiger partial charge >= 0.3 is 0 Å². The number of para-hydroxylation sites is 1. The van der Waals surface area contributed by atoms with Crippen molar-refractivity contribution < 1.29 is 18.0 Å². The maximum atomic E-state index is 13.9. The molecule has 1 N–H and O–H groups in total. The predicted octanol–water partition coefficient (Wildman–Crippen LogP) is 5.18. The van der Waals surface area contributed by atoms with E-state index in [1.54, 1.807) is 73.7 Å². The maximum absolute atomic E-state index is 13.9. The zero-order valence-electron chi connectivity index (χ0n) is 22.1. The topological polar surface area (TPSA) is 86.8 Å². The van der Waals surface area contributed by atoms with Gasteiger partial charge in [0.15, 0.2) is 0 Å². The Balaban J connectivity index is 2.01. The molecule has 0 radical (unpaired) electrons. The van der Waals surface area contributed by atoms with Crippen LogP contribution in [-0.4, -0.2) is 43.8 Å². The van der Waals surface area contributed by atoms with Crippen LogP contribution in [0.1, 0.15) is 38.3 Å². The second kappa shape index (κ2) is 12.9. The number of nitrogens with zero attached hydrogens (tertiary/aromatic N) is 2. The first-order valence-corrected chi connectivity index (χ1v) is 14.3. The van der Waals surface area contributed by atoms with E-state index >= 15 is 0 Å². The van der Waals surface area contributed by atoms with Gasteiger partial charge in [-0.25, -0.2) is 8.42 Å². The van der Waals surface area contributed by atoms with E-state index in [2.05, 4.69) is 5.32 Å². The van der Waals surface area contributed by atoms with Crippen LogP contribution in [-0.2, 0) is 26.2 Å². The second-order valence-electron chi connectivity index (χ2n) is 9.27. The molecule has 0 saturated heterocycles. The van der Waals surface area contributed by atoms with Crippen LogP contribution in [0.4, 0.5) is 5.69 Å². The number of aryl methyl sites for hydroxylation is 1. The molecule has 0 aliphatic heterocycles. The summed E-state index contributed by atoms with van der Waals surface area (Å²) in [6.07, 6.45) is 0.730. The van der Waals surface area contributed by atoms with E-state index in [9.17, 15) is 18.0 Å². The lowest BCUT2D eigenvalue weighted by atomic mass is 10.1. The maximum Gasteiger partial charge on any atom is 0.264 e. The lowest BCUT2D eigenvalue weighted by Gasteiger charge is -2.32. The molecular weight excluding hydrogens is 522 g/mol. The molecule has 0 fully saturated rings. The van der Waals surface area contributed by atoms with Crippen LogP contribution in [0, 0.1) is 6.92 Å². The van der Waals surface area contributed by atoms with E-state index in [1.165, 1.54) is 17.0 Å². The Morgan fingerprint density at radius 1 is 0.921 bits per heavy atom. The number of benzene rings is 3. The second-order valence-corrected chi connectivity index (χ2v) is 11.5. The molecule has 0 unspecified atom stereocenters. The van der Waals surface area contributed by atoms with Gasteiger partial charge in [-0.1, -0.05) is 72.6 Å². The zero-order chi connectivity index (χ0) is 27.9. The number of rotatable bonds is 11. The van der Waals surface area contributed by atoms with Crippen molar-refractivity contribution in [3.05, 3.63) is 95.0 Å². The van der Waals surface area contributed by atoms with Crippen molar-refractivity contribution in [1.29, 1.82) is 0 Å². The smallest absolute Gasteiger partial charge is 0.264 e. The molecule has 0 spiro atoms. The molecule has 3 rings (SSSR count). The minimum atomic E-state index is -4.09. The van der Waals surface area contributed by atoms with Gasteiger partial charge in [0.25, 0.3) is 10.0 Å². The molecule has 0 saturated carbocycles. The van der Waals surface area contributed by atoms with Crippen molar-refractivity contribution in [3.8, 4) is 0 Å². The highest BCUT2D eigenvalue weighted by atomic mass is 35.5. The van der Waals surface area contributed by atoms with Gasteiger partial charge in [-0.05, 0) is 63.1 Å². The molecule has 3 aromatic rings. The van der Waals surface area contributed by atoms with Gasteiger partial charge in [0.05, 0.1) is 10.6 Å². The SMILES string of the molecule is CC[C@@H](C)NC(=O)[C@H](C)N(Cc1ccccc1Cl)C(=O)CN(c1ccccc1)S(=O)(=O)c1ccc(C)cc1. The van der Waals surface area contributed by atoms with Crippen molar-refractivity contribution in [2.75, 3.05) is 10.8 Å². The number of carbonyl (C=O) groups is 2. The molecule has 0 aliphatic rings. The fourth-order valence-corrected chi connectivity index (χ4v) is 5.43. The minimum absolute atomic E-state index is 0.0425. The minimum Gasteiger partial charge on any atom is -0.352 e. The van der Waals surface area contributed by atoms with Crippen LogP contribution in [0.15, 0.2) is 83.8 Å². The number of sulfonamides is 1. The van der Waals surface area contributed by atoms with Crippen molar-refractivity contribution in [3.63, 3.8) is 0 Å². The third kappa shape index (κ3) is 7.14. The fourth-order valence-electron chi connectivity index (χ4n) is 3.82. The zero-order valence-corrected chi connectivity index (χ0v) is 23.7. The predicted molar refractivity (Wildman–Crippen MR) is 152 cm³/mol. The summed E-state index contributed by atoms with van der Waals surface area (Å²) in [6.45, 7) is 6.89. The Kier molecular flexibility index (Phi) is 9.94. The molecule has 0 bridgehead atoms. The number of carbonyl (C=O) groups excluding carboxylic acids is 2. The number of hydrogen-bond donors (Lipinski definition) is 1. The molecule has 7 nitrogen and oxygen atoms in total. The van der Waals surface area contributed by atoms with E-state index < -0.39 is 28.5 Å². The Morgan fingerprint density at radius 3 is 2.13 bits per heavy atom. The Labute approximate surface area is 230 Å². The van der Waals surface area contributed by atoms with Gasteiger partial charge < -0.3 is 10.2 Å². The molecule has 2 atom stereocenters. The van der Waals surface area contributed by atoms with Gasteiger partial charge in [-0.15, -0.1) is 0 Å². The average molecular weight is 556 g/mol. The Bertz CT molecular complexity index is 1350. The highest BCUT2D eigenvalue weighted by molar-refractivity contribution is 7.92. The largest absolute Gasteiger partial charge is 0.352 e. The Morgan fingerprint density at radius 2 is 1.53 bits per heavy atom. The number of amides is 2. The summed E-state index contributed by atoms with van der Waals surface area (Å²) >= 11 is 6.39. The fraction of sp³-hybridized carbons (Fsp3) is 0.310.